The third-order valence-corrected chi connectivity index (χ3v) is 3.91. The van der Waals surface area contributed by atoms with Crippen LogP contribution in [-0.2, 0) is 0 Å². The maximum Gasteiger partial charge on any atom is 0.259 e. The molecule has 3 aromatic rings. The highest BCUT2D eigenvalue weighted by Gasteiger charge is 2.10. The second-order valence-electron chi connectivity index (χ2n) is 4.53. The summed E-state index contributed by atoms with van der Waals surface area (Å²) in [6, 6.07) is 9.32. The molecule has 0 saturated carbocycles. The summed E-state index contributed by atoms with van der Waals surface area (Å²) in [5.41, 5.74) is 2.52. The molecule has 0 unspecified atom stereocenters. The van der Waals surface area contributed by atoms with Crippen LogP contribution in [0.4, 0.5) is 5.13 Å². The van der Waals surface area contributed by atoms with Crippen molar-refractivity contribution in [3.63, 3.8) is 0 Å². The number of hydrogen-bond acceptors (Lipinski definition) is 5. The van der Waals surface area contributed by atoms with Gasteiger partial charge in [0.2, 0.25) is 5.88 Å². The first-order valence-corrected chi connectivity index (χ1v) is 7.16. The highest BCUT2D eigenvalue weighted by molar-refractivity contribution is 7.22. The van der Waals surface area contributed by atoms with Crippen LogP contribution in [0.15, 0.2) is 36.5 Å². The lowest BCUT2D eigenvalue weighted by Gasteiger charge is -2.02. The van der Waals surface area contributed by atoms with E-state index >= 15 is 0 Å². The van der Waals surface area contributed by atoms with Gasteiger partial charge in [0.1, 0.15) is 0 Å². The minimum atomic E-state index is -0.235. The number of pyridine rings is 1. The summed E-state index contributed by atoms with van der Waals surface area (Å²) >= 11 is 1.45. The molecule has 0 aliphatic rings. The lowest BCUT2D eigenvalue weighted by Crippen LogP contribution is -2.11. The number of benzene rings is 1. The summed E-state index contributed by atoms with van der Waals surface area (Å²) in [5.74, 6) is 0.239. The summed E-state index contributed by atoms with van der Waals surface area (Å²) in [5, 5.41) is 3.37. The maximum atomic E-state index is 12.1. The van der Waals surface area contributed by atoms with Crippen LogP contribution in [0.3, 0.4) is 0 Å². The Morgan fingerprint density at radius 2 is 2.14 bits per heavy atom. The minimum absolute atomic E-state index is 0.235. The Balaban J connectivity index is 1.81. The van der Waals surface area contributed by atoms with Crippen LogP contribution in [0.2, 0.25) is 0 Å². The van der Waals surface area contributed by atoms with Crippen molar-refractivity contribution in [3.8, 4) is 5.88 Å². The van der Waals surface area contributed by atoms with Crippen molar-refractivity contribution in [2.45, 2.75) is 6.92 Å². The molecule has 1 amide bonds. The van der Waals surface area contributed by atoms with E-state index in [4.69, 9.17) is 4.74 Å². The van der Waals surface area contributed by atoms with E-state index in [9.17, 15) is 4.79 Å². The number of amides is 1. The average molecular weight is 299 g/mol. The standard InChI is InChI=1S/C15H13N3O2S/c1-9-3-5-11-12(7-9)21-15(17-11)18-14(19)10-4-6-13(20-2)16-8-10/h3-8H,1-2H3,(H,17,18,19). The average Bonchev–Trinajstić information content (AvgIpc) is 2.88. The van der Waals surface area contributed by atoms with E-state index in [1.807, 2.05) is 19.1 Å². The van der Waals surface area contributed by atoms with Gasteiger partial charge in [0.25, 0.3) is 5.91 Å². The highest BCUT2D eigenvalue weighted by atomic mass is 32.1. The molecule has 0 atom stereocenters. The lowest BCUT2D eigenvalue weighted by molar-refractivity contribution is 0.102. The molecular formula is C15H13N3O2S. The Morgan fingerprint density at radius 1 is 1.29 bits per heavy atom. The predicted molar refractivity (Wildman–Crippen MR) is 83.1 cm³/mol. The molecule has 0 bridgehead atoms. The van der Waals surface area contributed by atoms with E-state index < -0.39 is 0 Å². The smallest absolute Gasteiger partial charge is 0.259 e. The SMILES string of the molecule is COc1ccc(C(=O)Nc2nc3ccc(C)cc3s2)cn1. The Morgan fingerprint density at radius 3 is 2.86 bits per heavy atom. The molecule has 3 rings (SSSR count). The van der Waals surface area contributed by atoms with Gasteiger partial charge in [-0.05, 0) is 30.7 Å². The van der Waals surface area contributed by atoms with Gasteiger partial charge in [0.05, 0.1) is 22.9 Å². The number of nitrogens with one attached hydrogen (secondary N) is 1. The van der Waals surface area contributed by atoms with Crippen molar-refractivity contribution < 1.29 is 9.53 Å². The molecular weight excluding hydrogens is 286 g/mol. The number of rotatable bonds is 3. The van der Waals surface area contributed by atoms with Gasteiger partial charge in [0, 0.05) is 12.3 Å². The number of fused-ring (bicyclic) bond motifs is 1. The fourth-order valence-corrected chi connectivity index (χ4v) is 2.85. The largest absolute Gasteiger partial charge is 0.481 e. The minimum Gasteiger partial charge on any atom is -0.481 e. The second-order valence-corrected chi connectivity index (χ2v) is 5.56. The number of thiazole rings is 1. The monoisotopic (exact) mass is 299 g/mol. The molecule has 106 valence electrons. The van der Waals surface area contributed by atoms with Crippen molar-refractivity contribution in [2.24, 2.45) is 0 Å². The van der Waals surface area contributed by atoms with Gasteiger partial charge in [-0.3, -0.25) is 10.1 Å². The third-order valence-electron chi connectivity index (χ3n) is 2.97. The van der Waals surface area contributed by atoms with Gasteiger partial charge in [-0.15, -0.1) is 0 Å². The molecule has 21 heavy (non-hydrogen) atoms. The third kappa shape index (κ3) is 2.85. The first kappa shape index (κ1) is 13.5. The quantitative estimate of drug-likeness (QED) is 0.806. The summed E-state index contributed by atoms with van der Waals surface area (Å²) < 4.78 is 6.02. The summed E-state index contributed by atoms with van der Waals surface area (Å²) in [6.45, 7) is 2.03. The van der Waals surface area contributed by atoms with Crippen LogP contribution in [0.1, 0.15) is 15.9 Å². The van der Waals surface area contributed by atoms with E-state index in [2.05, 4.69) is 21.4 Å². The van der Waals surface area contributed by atoms with Crippen molar-refractivity contribution in [1.82, 2.24) is 9.97 Å². The van der Waals surface area contributed by atoms with E-state index in [-0.39, 0.29) is 5.91 Å². The van der Waals surface area contributed by atoms with Gasteiger partial charge in [-0.25, -0.2) is 9.97 Å². The number of methoxy groups -OCH3 is 1. The van der Waals surface area contributed by atoms with Crippen LogP contribution in [0.25, 0.3) is 10.2 Å². The fourth-order valence-electron chi connectivity index (χ4n) is 1.89. The second kappa shape index (κ2) is 5.49. The fraction of sp³-hybridized carbons (Fsp3) is 0.133. The van der Waals surface area contributed by atoms with Gasteiger partial charge in [-0.1, -0.05) is 17.4 Å². The van der Waals surface area contributed by atoms with Crippen molar-refractivity contribution >= 4 is 32.6 Å². The highest BCUT2D eigenvalue weighted by Crippen LogP contribution is 2.27. The lowest BCUT2D eigenvalue weighted by atomic mass is 10.2. The number of hydrogen-bond donors (Lipinski definition) is 1. The van der Waals surface area contributed by atoms with E-state index in [0.717, 1.165) is 10.2 Å². The molecule has 5 nitrogen and oxygen atoms in total. The van der Waals surface area contributed by atoms with Crippen molar-refractivity contribution in [3.05, 3.63) is 47.7 Å². The summed E-state index contributed by atoms with van der Waals surface area (Å²) in [6.07, 6.45) is 1.48. The van der Waals surface area contributed by atoms with Crippen molar-refractivity contribution in [1.29, 1.82) is 0 Å². The van der Waals surface area contributed by atoms with Gasteiger partial charge in [0.15, 0.2) is 5.13 Å². The molecule has 0 radical (unpaired) electrons. The van der Waals surface area contributed by atoms with Crippen LogP contribution in [-0.4, -0.2) is 23.0 Å². The first-order chi connectivity index (χ1) is 10.2. The molecule has 0 saturated heterocycles. The number of aryl methyl sites for hydroxylation is 1. The van der Waals surface area contributed by atoms with Gasteiger partial charge >= 0.3 is 0 Å². The molecule has 1 N–H and O–H groups in total. The molecule has 2 heterocycles. The zero-order valence-corrected chi connectivity index (χ0v) is 12.4. The van der Waals surface area contributed by atoms with E-state index in [1.165, 1.54) is 30.2 Å². The zero-order chi connectivity index (χ0) is 14.8. The number of aromatic nitrogens is 2. The normalized spacial score (nSPS) is 10.6. The van der Waals surface area contributed by atoms with Crippen LogP contribution in [0, 0.1) is 6.92 Å². The van der Waals surface area contributed by atoms with Crippen LogP contribution in [0.5, 0.6) is 5.88 Å². The Hall–Kier alpha value is -2.47. The first-order valence-electron chi connectivity index (χ1n) is 6.34. The predicted octanol–water partition coefficient (Wildman–Crippen LogP) is 3.26. The Labute approximate surface area is 125 Å². The van der Waals surface area contributed by atoms with Gasteiger partial charge < -0.3 is 4.74 Å². The van der Waals surface area contributed by atoms with Crippen LogP contribution >= 0.6 is 11.3 Å². The topological polar surface area (TPSA) is 64.1 Å². The number of ether oxygens (including phenoxy) is 1. The molecule has 0 aliphatic heterocycles. The van der Waals surface area contributed by atoms with Crippen molar-refractivity contribution in [2.75, 3.05) is 12.4 Å². The van der Waals surface area contributed by atoms with Gasteiger partial charge in [-0.2, -0.15) is 0 Å². The zero-order valence-electron chi connectivity index (χ0n) is 11.6. The summed E-state index contributed by atoms with van der Waals surface area (Å²) in [7, 11) is 1.53. The molecule has 1 aromatic carbocycles. The Kier molecular flexibility index (Phi) is 3.53. The maximum absolute atomic E-state index is 12.1. The molecule has 0 aliphatic carbocycles. The number of anilines is 1. The summed E-state index contributed by atoms with van der Waals surface area (Å²) in [4.78, 5) is 20.5. The van der Waals surface area contributed by atoms with Crippen LogP contribution < -0.4 is 10.1 Å². The van der Waals surface area contributed by atoms with E-state index in [1.54, 1.807) is 12.1 Å². The molecule has 6 heteroatoms. The Bertz CT molecular complexity index is 796. The molecule has 0 spiro atoms. The van der Waals surface area contributed by atoms with E-state index in [0.29, 0.717) is 16.6 Å². The number of carbonyl (C=O) groups is 1. The molecule has 0 fully saturated rings. The number of nitrogens with zero attached hydrogens (tertiary/aromatic N) is 2. The molecule has 2 aromatic heterocycles. The number of carbonyl (C=O) groups excluding carboxylic acids is 1.